The van der Waals surface area contributed by atoms with Gasteiger partial charge in [0.05, 0.1) is 19.3 Å². The van der Waals surface area contributed by atoms with E-state index in [1.165, 1.54) is 28.8 Å². The molecule has 5 amide bonds. The number of hydrogen-bond acceptors (Lipinski definition) is 8. The highest BCUT2D eigenvalue weighted by Crippen LogP contribution is 2.24. The fourth-order valence-corrected chi connectivity index (χ4v) is 6.88. The van der Waals surface area contributed by atoms with Gasteiger partial charge in [-0.15, -0.1) is 0 Å². The number of rotatable bonds is 23. The summed E-state index contributed by atoms with van der Waals surface area (Å²) in [5.74, 6) is -2.25. The van der Waals surface area contributed by atoms with Crippen molar-refractivity contribution < 1.29 is 33.8 Å². The molecule has 0 unspecified atom stereocenters. The van der Waals surface area contributed by atoms with Crippen LogP contribution in [0.2, 0.25) is 0 Å². The van der Waals surface area contributed by atoms with Crippen LogP contribution in [0.15, 0.2) is 0 Å². The highest BCUT2D eigenvalue weighted by Gasteiger charge is 2.43. The maximum atomic E-state index is 14.5. The molecule has 0 spiro atoms. The molecule has 0 aliphatic carbocycles. The van der Waals surface area contributed by atoms with E-state index in [-0.39, 0.29) is 35.5 Å². The Hall–Kier alpha value is -2.77. The zero-order valence-electron chi connectivity index (χ0n) is 34.6. The van der Waals surface area contributed by atoms with Gasteiger partial charge in [0.15, 0.2) is 0 Å². The van der Waals surface area contributed by atoms with Crippen molar-refractivity contribution in [2.45, 2.75) is 137 Å². The summed E-state index contributed by atoms with van der Waals surface area (Å²) in [6.45, 7) is 19.8. The topological polar surface area (TPSA) is 152 Å². The Kier molecular flexibility index (Phi) is 21.6. The summed E-state index contributed by atoms with van der Waals surface area (Å²) in [7, 11) is 6.19. The Morgan fingerprint density at radius 3 is 1.88 bits per heavy atom. The van der Waals surface area contributed by atoms with Crippen molar-refractivity contribution in [2.24, 2.45) is 23.7 Å². The summed E-state index contributed by atoms with van der Waals surface area (Å²) in [4.78, 5) is 75.0. The Morgan fingerprint density at radius 1 is 0.769 bits per heavy atom. The SMILES string of the molecule is CC[C@H](NC(=O)[C@H]([C@H](O)[C@H](C)CCCCCN1CCOCC1)N(C)C(=O)[C@H](C(C)C)N(C)C(=O)[C@H](CC(C)C)N(C)C(=O)CCC(C)C)C(=O)NC. The molecule has 0 bridgehead atoms. The molecule has 1 saturated heterocycles. The average molecular weight is 739 g/mol. The Bertz CT molecular complexity index is 1110. The number of nitrogens with one attached hydrogen (secondary N) is 2. The number of carbonyl (C=O) groups excluding carboxylic acids is 5. The van der Waals surface area contributed by atoms with Gasteiger partial charge in [-0.1, -0.05) is 68.2 Å². The fraction of sp³-hybridized carbons (Fsp3) is 0.872. The average Bonchev–Trinajstić information content (AvgIpc) is 3.10. The van der Waals surface area contributed by atoms with E-state index < -0.39 is 42.1 Å². The van der Waals surface area contributed by atoms with Gasteiger partial charge < -0.3 is 35.2 Å². The molecule has 302 valence electrons. The van der Waals surface area contributed by atoms with Crippen LogP contribution in [0.5, 0.6) is 0 Å². The van der Waals surface area contributed by atoms with E-state index in [1.54, 1.807) is 21.0 Å². The molecule has 1 rings (SSSR count). The van der Waals surface area contributed by atoms with Gasteiger partial charge in [-0.05, 0) is 62.3 Å². The number of morpholine rings is 1. The highest BCUT2D eigenvalue weighted by atomic mass is 16.5. The molecule has 0 radical (unpaired) electrons. The first kappa shape index (κ1) is 47.3. The zero-order chi connectivity index (χ0) is 39.7. The second kappa shape index (κ2) is 23.8. The van der Waals surface area contributed by atoms with Crippen LogP contribution >= 0.6 is 0 Å². The molecule has 1 aliphatic heterocycles. The van der Waals surface area contributed by atoms with Gasteiger partial charge in [0.2, 0.25) is 29.5 Å². The monoisotopic (exact) mass is 739 g/mol. The second-order valence-corrected chi connectivity index (χ2v) is 16.0. The molecule has 1 aliphatic rings. The summed E-state index contributed by atoms with van der Waals surface area (Å²) >= 11 is 0. The summed E-state index contributed by atoms with van der Waals surface area (Å²) < 4.78 is 5.44. The van der Waals surface area contributed by atoms with Crippen LogP contribution in [-0.4, -0.2) is 146 Å². The molecule has 3 N–H and O–H groups in total. The summed E-state index contributed by atoms with van der Waals surface area (Å²) in [5, 5.41) is 17.1. The number of carbonyl (C=O) groups is 5. The fourth-order valence-electron chi connectivity index (χ4n) is 6.88. The van der Waals surface area contributed by atoms with Crippen LogP contribution in [0.25, 0.3) is 0 Å². The number of amides is 5. The minimum Gasteiger partial charge on any atom is -0.390 e. The molecule has 0 aromatic heterocycles. The van der Waals surface area contributed by atoms with Crippen molar-refractivity contribution in [3.05, 3.63) is 0 Å². The van der Waals surface area contributed by atoms with Crippen molar-refractivity contribution in [1.29, 1.82) is 0 Å². The van der Waals surface area contributed by atoms with Crippen molar-refractivity contribution in [3.8, 4) is 0 Å². The number of hydrogen-bond donors (Lipinski definition) is 3. The number of aliphatic hydroxyl groups is 1. The van der Waals surface area contributed by atoms with Gasteiger partial charge in [-0.25, -0.2) is 0 Å². The van der Waals surface area contributed by atoms with E-state index in [4.69, 9.17) is 4.74 Å². The Balaban J connectivity index is 3.32. The lowest BCUT2D eigenvalue weighted by atomic mass is 9.90. The van der Waals surface area contributed by atoms with E-state index in [0.29, 0.717) is 38.0 Å². The number of aliphatic hydroxyl groups excluding tert-OH is 1. The minimum atomic E-state index is -1.31. The van der Waals surface area contributed by atoms with Crippen molar-refractivity contribution in [1.82, 2.24) is 30.2 Å². The lowest BCUT2D eigenvalue weighted by Crippen LogP contribution is -2.63. The van der Waals surface area contributed by atoms with Crippen LogP contribution in [-0.2, 0) is 28.7 Å². The zero-order valence-corrected chi connectivity index (χ0v) is 34.6. The molecule has 1 heterocycles. The van der Waals surface area contributed by atoms with Crippen LogP contribution in [0.4, 0.5) is 0 Å². The molecule has 0 aromatic rings. The van der Waals surface area contributed by atoms with Crippen LogP contribution in [0.3, 0.4) is 0 Å². The Morgan fingerprint density at radius 2 is 1.37 bits per heavy atom. The van der Waals surface area contributed by atoms with Gasteiger partial charge in [0.25, 0.3) is 0 Å². The first-order valence-electron chi connectivity index (χ1n) is 19.7. The molecular formula is C39H74N6O7. The second-order valence-electron chi connectivity index (χ2n) is 16.0. The predicted octanol–water partition coefficient (Wildman–Crippen LogP) is 3.14. The molecule has 0 aromatic carbocycles. The highest BCUT2D eigenvalue weighted by molar-refractivity contribution is 5.95. The maximum absolute atomic E-state index is 14.5. The molecular weight excluding hydrogens is 664 g/mol. The van der Waals surface area contributed by atoms with E-state index in [2.05, 4.69) is 15.5 Å². The predicted molar refractivity (Wildman–Crippen MR) is 205 cm³/mol. The number of ether oxygens (including phenoxy) is 1. The van der Waals surface area contributed by atoms with Gasteiger partial charge in [-0.2, -0.15) is 0 Å². The van der Waals surface area contributed by atoms with E-state index in [1.807, 2.05) is 48.5 Å². The smallest absolute Gasteiger partial charge is 0.246 e. The third kappa shape index (κ3) is 14.9. The quantitative estimate of drug-likeness (QED) is 0.135. The molecule has 1 fully saturated rings. The van der Waals surface area contributed by atoms with Gasteiger partial charge in [0, 0.05) is 47.7 Å². The van der Waals surface area contributed by atoms with Crippen molar-refractivity contribution in [3.63, 3.8) is 0 Å². The third-order valence-electron chi connectivity index (χ3n) is 10.4. The third-order valence-corrected chi connectivity index (χ3v) is 10.4. The number of likely N-dealkylation sites (N-methyl/N-ethyl adjacent to an activating group) is 4. The first-order chi connectivity index (χ1) is 24.4. The van der Waals surface area contributed by atoms with E-state index in [0.717, 1.165) is 52.1 Å². The lowest BCUT2D eigenvalue weighted by molar-refractivity contribution is -0.156. The van der Waals surface area contributed by atoms with Gasteiger partial charge in [0.1, 0.15) is 24.2 Å². The molecule has 13 nitrogen and oxygen atoms in total. The standard InChI is InChI=1S/C39H74N6O7/c1-13-30(36(48)40-9)41-37(49)34(35(47)29(8)17-15-14-16-20-45-21-23-52-24-22-45)44(12)39(51)33(28(6)7)43(11)38(50)31(25-27(4)5)42(10)32(46)19-18-26(2)3/h26-31,33-35,47H,13-25H2,1-12H3,(H,40,48)(H,41,49)/t29-,30+,31+,33+,34+,35-/m1/s1. The Labute approximate surface area is 314 Å². The number of unbranched alkanes of at least 4 members (excludes halogenated alkanes) is 2. The first-order valence-corrected chi connectivity index (χ1v) is 19.7. The van der Waals surface area contributed by atoms with Crippen molar-refractivity contribution in [2.75, 3.05) is 61.0 Å². The summed E-state index contributed by atoms with van der Waals surface area (Å²) in [6.07, 6.45) is 4.00. The van der Waals surface area contributed by atoms with Crippen LogP contribution < -0.4 is 10.6 Å². The molecule has 13 heteroatoms. The van der Waals surface area contributed by atoms with Crippen LogP contribution in [0, 0.1) is 23.7 Å². The largest absolute Gasteiger partial charge is 0.390 e. The number of nitrogens with zero attached hydrogens (tertiary/aromatic N) is 4. The molecule has 52 heavy (non-hydrogen) atoms. The molecule has 0 saturated carbocycles. The van der Waals surface area contributed by atoms with Crippen LogP contribution in [0.1, 0.15) is 107 Å². The summed E-state index contributed by atoms with van der Waals surface area (Å²) in [5.41, 5.74) is 0. The normalized spacial score (nSPS) is 17.2. The van der Waals surface area contributed by atoms with Gasteiger partial charge in [-0.3, -0.25) is 28.9 Å². The maximum Gasteiger partial charge on any atom is 0.246 e. The lowest BCUT2D eigenvalue weighted by Gasteiger charge is -2.41. The minimum absolute atomic E-state index is 0.106. The van der Waals surface area contributed by atoms with E-state index in [9.17, 15) is 29.1 Å². The molecule has 6 atom stereocenters. The van der Waals surface area contributed by atoms with E-state index >= 15 is 0 Å². The summed E-state index contributed by atoms with van der Waals surface area (Å²) in [6, 6.07) is -3.91. The van der Waals surface area contributed by atoms with Crippen molar-refractivity contribution >= 4 is 29.5 Å². The van der Waals surface area contributed by atoms with Gasteiger partial charge >= 0.3 is 0 Å².